The molecular weight excluding hydrogens is 216 g/mol. The summed E-state index contributed by atoms with van der Waals surface area (Å²) in [6.45, 7) is 15.7. The fraction of sp³-hybridized carbons (Fsp3) is 0.222. The molecule has 0 spiro atoms. The predicted molar refractivity (Wildman–Crippen MR) is 86.4 cm³/mol. The first-order valence-corrected chi connectivity index (χ1v) is 6.40. The van der Waals surface area contributed by atoms with Gasteiger partial charge in [0.05, 0.1) is 0 Å². The summed E-state index contributed by atoms with van der Waals surface area (Å²) >= 11 is 0. The Morgan fingerprint density at radius 2 is 1.78 bits per heavy atom. The molecule has 0 heterocycles. The molecule has 18 heavy (non-hydrogen) atoms. The van der Waals surface area contributed by atoms with Crippen molar-refractivity contribution < 1.29 is 0 Å². The molecule has 0 fully saturated rings. The normalized spacial score (nSPS) is 10.2. The smallest absolute Gasteiger partial charge is 0.0182 e. The molecule has 0 saturated carbocycles. The van der Waals surface area contributed by atoms with Crippen LogP contribution in [-0.4, -0.2) is 0 Å². The van der Waals surface area contributed by atoms with Gasteiger partial charge in [0, 0.05) is 0 Å². The molecule has 0 N–H and O–H groups in total. The van der Waals surface area contributed by atoms with Crippen molar-refractivity contribution in [3.8, 4) is 0 Å². The predicted octanol–water partition coefficient (Wildman–Crippen LogP) is 5.98. The van der Waals surface area contributed by atoms with E-state index in [-0.39, 0.29) is 0 Å². The van der Waals surface area contributed by atoms with Gasteiger partial charge in [-0.15, -0.1) is 0 Å². The Hall–Kier alpha value is -1.82. The van der Waals surface area contributed by atoms with Crippen LogP contribution < -0.4 is 0 Å². The minimum absolute atomic E-state index is 1.06. The quantitative estimate of drug-likeness (QED) is 0.568. The number of allylic oxidation sites excluding steroid dienone is 3. The number of hydrogen-bond donors (Lipinski definition) is 0. The lowest BCUT2D eigenvalue weighted by Gasteiger charge is -2.02. The van der Waals surface area contributed by atoms with Crippen LogP contribution in [0.25, 0.3) is 18.2 Å². The summed E-state index contributed by atoms with van der Waals surface area (Å²) in [6.07, 6.45) is 10.1. The van der Waals surface area contributed by atoms with Gasteiger partial charge in [-0.05, 0) is 36.6 Å². The first-order valence-electron chi connectivity index (χ1n) is 6.40. The molecule has 0 heteroatoms. The SMILES string of the molecule is C=Cc1ccc(/C=C/C(=C)C)cc1/C=C\C.CC. The fourth-order valence-electron chi connectivity index (χ4n) is 1.45. The van der Waals surface area contributed by atoms with Gasteiger partial charge in [0.25, 0.3) is 0 Å². The van der Waals surface area contributed by atoms with Gasteiger partial charge < -0.3 is 0 Å². The Balaban J connectivity index is 0.00000137. The topological polar surface area (TPSA) is 0 Å². The third-order valence-corrected chi connectivity index (χ3v) is 2.24. The van der Waals surface area contributed by atoms with Crippen molar-refractivity contribution >= 4 is 18.2 Å². The molecule has 1 aromatic carbocycles. The number of hydrogen-bond acceptors (Lipinski definition) is 0. The molecule has 1 aromatic rings. The lowest BCUT2D eigenvalue weighted by molar-refractivity contribution is 1.50. The molecule has 0 atom stereocenters. The summed E-state index contributed by atoms with van der Waals surface area (Å²) < 4.78 is 0. The van der Waals surface area contributed by atoms with E-state index in [9.17, 15) is 0 Å². The molecule has 0 aliphatic carbocycles. The molecule has 0 nitrogen and oxygen atoms in total. The van der Waals surface area contributed by atoms with Gasteiger partial charge in [0.15, 0.2) is 0 Å². The summed E-state index contributed by atoms with van der Waals surface area (Å²) in [5, 5.41) is 0. The van der Waals surface area contributed by atoms with Crippen LogP contribution in [0.5, 0.6) is 0 Å². The average Bonchev–Trinajstić information content (AvgIpc) is 2.39. The van der Waals surface area contributed by atoms with Gasteiger partial charge in [0.1, 0.15) is 0 Å². The third kappa shape index (κ3) is 5.49. The maximum atomic E-state index is 3.85. The van der Waals surface area contributed by atoms with Crippen LogP contribution in [0.4, 0.5) is 0 Å². The van der Waals surface area contributed by atoms with Crippen molar-refractivity contribution in [3.05, 3.63) is 65.8 Å². The second-order valence-electron chi connectivity index (χ2n) is 3.77. The van der Waals surface area contributed by atoms with Crippen molar-refractivity contribution in [3.63, 3.8) is 0 Å². The highest BCUT2D eigenvalue weighted by Crippen LogP contribution is 2.16. The summed E-state index contributed by atoms with van der Waals surface area (Å²) in [5.74, 6) is 0. The zero-order chi connectivity index (χ0) is 14.0. The van der Waals surface area contributed by atoms with E-state index in [0.29, 0.717) is 0 Å². The summed E-state index contributed by atoms with van der Waals surface area (Å²) in [6, 6.07) is 6.32. The molecule has 1 rings (SSSR count). The van der Waals surface area contributed by atoms with E-state index in [4.69, 9.17) is 0 Å². The van der Waals surface area contributed by atoms with E-state index in [1.807, 2.05) is 45.9 Å². The van der Waals surface area contributed by atoms with Crippen molar-refractivity contribution in [2.45, 2.75) is 27.7 Å². The van der Waals surface area contributed by atoms with Gasteiger partial charge in [-0.2, -0.15) is 0 Å². The van der Waals surface area contributed by atoms with Crippen LogP contribution in [0.1, 0.15) is 44.4 Å². The van der Waals surface area contributed by atoms with Crippen LogP contribution >= 0.6 is 0 Å². The van der Waals surface area contributed by atoms with Crippen LogP contribution in [-0.2, 0) is 0 Å². The third-order valence-electron chi connectivity index (χ3n) is 2.24. The lowest BCUT2D eigenvalue weighted by Crippen LogP contribution is -1.82. The summed E-state index contributed by atoms with van der Waals surface area (Å²) in [4.78, 5) is 0. The number of benzene rings is 1. The van der Waals surface area contributed by atoms with Crippen molar-refractivity contribution in [1.82, 2.24) is 0 Å². The molecule has 0 bridgehead atoms. The van der Waals surface area contributed by atoms with Crippen molar-refractivity contribution in [1.29, 1.82) is 0 Å². The maximum Gasteiger partial charge on any atom is -0.0182 e. The van der Waals surface area contributed by atoms with Gasteiger partial charge in [-0.1, -0.05) is 75.1 Å². The summed E-state index contributed by atoms with van der Waals surface area (Å²) in [7, 11) is 0. The second kappa shape index (κ2) is 9.23. The zero-order valence-corrected chi connectivity index (χ0v) is 12.0. The van der Waals surface area contributed by atoms with E-state index < -0.39 is 0 Å². The molecule has 0 aliphatic heterocycles. The zero-order valence-electron chi connectivity index (χ0n) is 12.0. The molecule has 96 valence electrons. The van der Waals surface area contributed by atoms with Gasteiger partial charge in [-0.3, -0.25) is 0 Å². The average molecular weight is 240 g/mol. The molecular formula is C18H24. The van der Waals surface area contributed by atoms with Crippen LogP contribution in [0.15, 0.2) is 49.1 Å². The lowest BCUT2D eigenvalue weighted by atomic mass is 10.0. The van der Waals surface area contributed by atoms with E-state index in [0.717, 1.165) is 11.1 Å². The monoisotopic (exact) mass is 240 g/mol. The minimum Gasteiger partial charge on any atom is -0.0984 e. The van der Waals surface area contributed by atoms with Crippen molar-refractivity contribution in [2.75, 3.05) is 0 Å². The van der Waals surface area contributed by atoms with Crippen LogP contribution in [0.2, 0.25) is 0 Å². The second-order valence-corrected chi connectivity index (χ2v) is 3.77. The first-order chi connectivity index (χ1) is 8.67. The van der Waals surface area contributed by atoms with E-state index in [1.165, 1.54) is 11.1 Å². The van der Waals surface area contributed by atoms with E-state index in [2.05, 4.69) is 43.5 Å². The maximum absolute atomic E-state index is 3.85. The summed E-state index contributed by atoms with van der Waals surface area (Å²) in [5.41, 5.74) is 4.59. The molecule has 0 amide bonds. The molecule has 0 radical (unpaired) electrons. The molecule has 0 unspecified atom stereocenters. The molecule has 0 aromatic heterocycles. The first kappa shape index (κ1) is 16.2. The minimum atomic E-state index is 1.06. The number of rotatable bonds is 4. The highest BCUT2D eigenvalue weighted by molar-refractivity contribution is 5.68. The Morgan fingerprint density at radius 3 is 2.28 bits per heavy atom. The Bertz CT molecular complexity index is 445. The Kier molecular flexibility index (Phi) is 8.30. The molecule has 0 aliphatic rings. The van der Waals surface area contributed by atoms with Gasteiger partial charge in [0.2, 0.25) is 0 Å². The van der Waals surface area contributed by atoms with Crippen LogP contribution in [0, 0.1) is 0 Å². The standard InChI is InChI=1S/C16H18.C2H6/c1-5-7-16-12-14(9-8-13(3)4)10-11-15(16)6-2;1-2/h5-12H,2-3H2,1,4H3;1-2H3/b7-5-,9-8+;. The van der Waals surface area contributed by atoms with E-state index >= 15 is 0 Å². The van der Waals surface area contributed by atoms with Crippen LogP contribution in [0.3, 0.4) is 0 Å². The highest BCUT2D eigenvalue weighted by Gasteiger charge is 1.96. The fourth-order valence-corrected chi connectivity index (χ4v) is 1.45. The molecule has 0 saturated heterocycles. The van der Waals surface area contributed by atoms with Gasteiger partial charge in [-0.25, -0.2) is 0 Å². The Labute approximate surface area is 112 Å². The highest BCUT2D eigenvalue weighted by atomic mass is 14.0. The Morgan fingerprint density at radius 1 is 1.11 bits per heavy atom. The van der Waals surface area contributed by atoms with Crippen molar-refractivity contribution in [2.24, 2.45) is 0 Å². The van der Waals surface area contributed by atoms with Gasteiger partial charge >= 0.3 is 0 Å². The van der Waals surface area contributed by atoms with E-state index in [1.54, 1.807) is 0 Å². The largest absolute Gasteiger partial charge is 0.0984 e.